The van der Waals surface area contributed by atoms with Gasteiger partial charge in [-0.2, -0.15) is 0 Å². The summed E-state index contributed by atoms with van der Waals surface area (Å²) in [5.41, 5.74) is 2.94. The molecule has 0 aliphatic rings. The normalized spacial score (nSPS) is 12.0. The van der Waals surface area contributed by atoms with E-state index in [0.717, 1.165) is 26.9 Å². The minimum Gasteiger partial charge on any atom is -0.489 e. The molecule has 0 bridgehead atoms. The maximum absolute atomic E-state index is 10.3. The van der Waals surface area contributed by atoms with Crippen LogP contribution in [0.1, 0.15) is 22.8 Å². The summed E-state index contributed by atoms with van der Waals surface area (Å²) in [6.45, 7) is 1.50. The molecular weight excluding hydrogens is 426 g/mol. The van der Waals surface area contributed by atoms with Crippen LogP contribution in [0.2, 0.25) is 5.02 Å². The first kappa shape index (κ1) is 19.9. The van der Waals surface area contributed by atoms with Gasteiger partial charge in [-0.3, -0.25) is 0 Å². The molecule has 0 saturated carbocycles. The second-order valence-electron chi connectivity index (χ2n) is 6.23. The van der Waals surface area contributed by atoms with Crippen LogP contribution in [0.5, 0.6) is 5.75 Å². The van der Waals surface area contributed by atoms with Gasteiger partial charge >= 0.3 is 0 Å². The molecule has 2 N–H and O–H groups in total. The van der Waals surface area contributed by atoms with E-state index in [1.807, 2.05) is 72.8 Å². The van der Waals surface area contributed by atoms with Crippen molar-refractivity contribution in [3.05, 3.63) is 99.0 Å². The Kier molecular flexibility index (Phi) is 7.30. The summed E-state index contributed by atoms with van der Waals surface area (Å²) >= 11 is 9.54. The first-order valence-corrected chi connectivity index (χ1v) is 9.88. The van der Waals surface area contributed by atoms with Crippen LogP contribution in [0.3, 0.4) is 0 Å². The quantitative estimate of drug-likeness (QED) is 0.480. The highest BCUT2D eigenvalue weighted by molar-refractivity contribution is 9.10. The third-order valence-corrected chi connectivity index (χ3v) is 4.87. The summed E-state index contributed by atoms with van der Waals surface area (Å²) in [5.74, 6) is 0.805. The van der Waals surface area contributed by atoms with Crippen LogP contribution < -0.4 is 10.1 Å². The van der Waals surface area contributed by atoms with E-state index in [-0.39, 0.29) is 0 Å². The lowest BCUT2D eigenvalue weighted by Gasteiger charge is -2.15. The van der Waals surface area contributed by atoms with Gasteiger partial charge in [0.2, 0.25) is 0 Å². The van der Waals surface area contributed by atoms with Crippen molar-refractivity contribution in [1.82, 2.24) is 5.32 Å². The predicted octanol–water partition coefficient (Wildman–Crippen LogP) is 5.50. The summed E-state index contributed by atoms with van der Waals surface area (Å²) in [4.78, 5) is 0. The Morgan fingerprint density at radius 3 is 2.59 bits per heavy atom. The van der Waals surface area contributed by atoms with Gasteiger partial charge in [-0.15, -0.1) is 0 Å². The van der Waals surface area contributed by atoms with E-state index < -0.39 is 6.10 Å². The number of aliphatic hydroxyl groups excluding tert-OH is 1. The van der Waals surface area contributed by atoms with Crippen LogP contribution in [0.25, 0.3) is 0 Å². The second-order valence-corrected chi connectivity index (χ2v) is 7.58. The van der Waals surface area contributed by atoms with E-state index in [2.05, 4.69) is 21.2 Å². The van der Waals surface area contributed by atoms with Crippen molar-refractivity contribution in [2.75, 3.05) is 6.54 Å². The van der Waals surface area contributed by atoms with Gasteiger partial charge in [0, 0.05) is 28.1 Å². The lowest BCUT2D eigenvalue weighted by molar-refractivity contribution is 0.174. The molecule has 3 nitrogen and oxygen atoms in total. The Morgan fingerprint density at radius 2 is 1.81 bits per heavy atom. The molecular formula is C22H21BrClNO2. The van der Waals surface area contributed by atoms with E-state index in [4.69, 9.17) is 16.3 Å². The minimum atomic E-state index is -0.547. The standard InChI is InChI=1S/C22H21BrClNO2/c23-19-9-10-22(27-15-16-5-4-8-20(24)11-16)18(12-19)13-25-14-21(26)17-6-2-1-3-7-17/h1-12,21,25-26H,13-15H2. The van der Waals surface area contributed by atoms with E-state index in [0.29, 0.717) is 24.7 Å². The lowest BCUT2D eigenvalue weighted by Crippen LogP contribution is -2.21. The molecule has 1 unspecified atom stereocenters. The fraction of sp³-hybridized carbons (Fsp3) is 0.182. The number of ether oxygens (including phenoxy) is 1. The SMILES string of the molecule is OC(CNCc1cc(Br)ccc1OCc1cccc(Cl)c1)c1ccccc1. The predicted molar refractivity (Wildman–Crippen MR) is 113 cm³/mol. The summed E-state index contributed by atoms with van der Waals surface area (Å²) < 4.78 is 6.98. The third-order valence-electron chi connectivity index (χ3n) is 4.14. The molecule has 3 aromatic carbocycles. The van der Waals surface area contributed by atoms with Crippen molar-refractivity contribution in [1.29, 1.82) is 0 Å². The summed E-state index contributed by atoms with van der Waals surface area (Å²) in [7, 11) is 0. The molecule has 0 spiro atoms. The van der Waals surface area contributed by atoms with Crippen molar-refractivity contribution < 1.29 is 9.84 Å². The van der Waals surface area contributed by atoms with Crippen molar-refractivity contribution in [2.24, 2.45) is 0 Å². The van der Waals surface area contributed by atoms with Gasteiger partial charge in [-0.1, -0.05) is 70.0 Å². The number of benzene rings is 3. The summed E-state index contributed by atoms with van der Waals surface area (Å²) in [6, 6.07) is 23.2. The van der Waals surface area contributed by atoms with Crippen molar-refractivity contribution in [3.8, 4) is 5.75 Å². The second kappa shape index (κ2) is 9.90. The number of halogens is 2. The zero-order valence-electron chi connectivity index (χ0n) is 14.7. The topological polar surface area (TPSA) is 41.5 Å². The summed E-state index contributed by atoms with van der Waals surface area (Å²) in [6.07, 6.45) is -0.547. The Bertz CT molecular complexity index is 873. The molecule has 3 rings (SSSR count). The third kappa shape index (κ3) is 6.08. The van der Waals surface area contributed by atoms with Crippen LogP contribution in [0.4, 0.5) is 0 Å². The first-order chi connectivity index (χ1) is 13.1. The Morgan fingerprint density at radius 1 is 1.00 bits per heavy atom. The Hall–Kier alpha value is -1.85. The van der Waals surface area contributed by atoms with E-state index in [1.165, 1.54) is 0 Å². The van der Waals surface area contributed by atoms with Crippen molar-refractivity contribution in [3.63, 3.8) is 0 Å². The average Bonchev–Trinajstić information content (AvgIpc) is 2.68. The van der Waals surface area contributed by atoms with Crippen LogP contribution in [0.15, 0.2) is 77.3 Å². The molecule has 0 saturated heterocycles. The number of hydrogen-bond acceptors (Lipinski definition) is 3. The molecule has 0 aliphatic carbocycles. The molecule has 0 aromatic heterocycles. The van der Waals surface area contributed by atoms with Gasteiger partial charge in [0.05, 0.1) is 6.10 Å². The highest BCUT2D eigenvalue weighted by Crippen LogP contribution is 2.25. The van der Waals surface area contributed by atoms with E-state index >= 15 is 0 Å². The number of hydrogen-bond donors (Lipinski definition) is 2. The maximum atomic E-state index is 10.3. The van der Waals surface area contributed by atoms with Crippen molar-refractivity contribution >= 4 is 27.5 Å². The molecule has 0 radical (unpaired) electrons. The highest BCUT2D eigenvalue weighted by atomic mass is 79.9. The number of nitrogens with one attached hydrogen (secondary N) is 1. The van der Waals surface area contributed by atoms with Gasteiger partial charge in [-0.05, 0) is 41.5 Å². The molecule has 3 aromatic rings. The largest absolute Gasteiger partial charge is 0.489 e. The fourth-order valence-electron chi connectivity index (χ4n) is 2.75. The molecule has 0 fully saturated rings. The molecule has 0 amide bonds. The molecule has 1 atom stereocenters. The lowest BCUT2D eigenvalue weighted by atomic mass is 10.1. The van der Waals surface area contributed by atoms with Crippen LogP contribution in [0, 0.1) is 0 Å². The van der Waals surface area contributed by atoms with Gasteiger partial charge in [0.15, 0.2) is 0 Å². The Labute approximate surface area is 173 Å². The van der Waals surface area contributed by atoms with Gasteiger partial charge in [0.1, 0.15) is 12.4 Å². The zero-order valence-corrected chi connectivity index (χ0v) is 17.1. The van der Waals surface area contributed by atoms with Crippen LogP contribution >= 0.6 is 27.5 Å². The van der Waals surface area contributed by atoms with Gasteiger partial charge in [0.25, 0.3) is 0 Å². The molecule has 5 heteroatoms. The molecule has 0 heterocycles. The number of rotatable bonds is 8. The molecule has 0 aliphatic heterocycles. The smallest absolute Gasteiger partial charge is 0.124 e. The average molecular weight is 447 g/mol. The van der Waals surface area contributed by atoms with Crippen LogP contribution in [-0.2, 0) is 13.2 Å². The number of aliphatic hydroxyl groups is 1. The summed E-state index contributed by atoms with van der Waals surface area (Å²) in [5, 5.41) is 14.3. The zero-order chi connectivity index (χ0) is 19.1. The minimum absolute atomic E-state index is 0.446. The van der Waals surface area contributed by atoms with E-state index in [9.17, 15) is 5.11 Å². The highest BCUT2D eigenvalue weighted by Gasteiger charge is 2.09. The van der Waals surface area contributed by atoms with E-state index in [1.54, 1.807) is 0 Å². The Balaban J connectivity index is 1.60. The monoisotopic (exact) mass is 445 g/mol. The molecule has 140 valence electrons. The van der Waals surface area contributed by atoms with Gasteiger partial charge in [-0.25, -0.2) is 0 Å². The molecule has 27 heavy (non-hydrogen) atoms. The van der Waals surface area contributed by atoms with Crippen molar-refractivity contribution in [2.45, 2.75) is 19.3 Å². The fourth-order valence-corrected chi connectivity index (χ4v) is 3.37. The first-order valence-electron chi connectivity index (χ1n) is 8.71. The van der Waals surface area contributed by atoms with Crippen LogP contribution in [-0.4, -0.2) is 11.7 Å². The maximum Gasteiger partial charge on any atom is 0.124 e. The van der Waals surface area contributed by atoms with Gasteiger partial charge < -0.3 is 15.2 Å².